The first-order valence-corrected chi connectivity index (χ1v) is 8.80. The lowest BCUT2D eigenvalue weighted by atomic mass is 9.97. The highest BCUT2D eigenvalue weighted by Gasteiger charge is 2.25. The fourth-order valence-electron chi connectivity index (χ4n) is 2.86. The van der Waals surface area contributed by atoms with Gasteiger partial charge in [0.25, 0.3) is 0 Å². The Bertz CT molecular complexity index is 812. The first-order valence-electron chi connectivity index (χ1n) is 8.04. The molecule has 1 fully saturated rings. The van der Waals surface area contributed by atoms with Crippen LogP contribution in [0.1, 0.15) is 24.0 Å². The van der Waals surface area contributed by atoms with Gasteiger partial charge in [-0.1, -0.05) is 59.1 Å². The van der Waals surface area contributed by atoms with E-state index in [0.29, 0.717) is 16.5 Å². The van der Waals surface area contributed by atoms with Gasteiger partial charge in [-0.25, -0.2) is 0 Å². The van der Waals surface area contributed by atoms with Crippen molar-refractivity contribution in [1.29, 1.82) is 0 Å². The van der Waals surface area contributed by atoms with Gasteiger partial charge >= 0.3 is 5.97 Å². The van der Waals surface area contributed by atoms with Crippen LogP contribution in [0.3, 0.4) is 0 Å². The van der Waals surface area contributed by atoms with Crippen LogP contribution in [-0.4, -0.2) is 23.3 Å². The minimum Gasteiger partial charge on any atom is -0.458 e. The van der Waals surface area contributed by atoms with Crippen LogP contribution < -0.4 is 0 Å². The number of benzene rings is 2. The number of aryl methyl sites for hydroxylation is 1. The normalized spacial score (nSPS) is 20.7. The Balaban J connectivity index is 1.96. The highest BCUT2D eigenvalue weighted by Crippen LogP contribution is 2.34. The first-order chi connectivity index (χ1) is 11.9. The second-order valence-electron chi connectivity index (χ2n) is 6.20. The standard InChI is InChI=1S/C20H18Cl2O3/c1-12-2-4-13(5-3-12)18-8-14(21)9-19(22)17(18)7-6-16-10-15(23)11-20(24)25-16/h2-9,15-16,23H,10-11H2,1H3/b7-6+/t15-,16-/m1/s1. The number of ether oxygens (including phenoxy) is 1. The maximum absolute atomic E-state index is 11.5. The lowest BCUT2D eigenvalue weighted by Crippen LogP contribution is -2.31. The van der Waals surface area contributed by atoms with Crippen LogP contribution in [0.25, 0.3) is 17.2 Å². The summed E-state index contributed by atoms with van der Waals surface area (Å²) < 4.78 is 5.25. The zero-order valence-corrected chi connectivity index (χ0v) is 15.2. The number of aliphatic hydroxyl groups is 1. The maximum atomic E-state index is 11.5. The van der Waals surface area contributed by atoms with Crippen LogP contribution in [0.5, 0.6) is 0 Å². The zero-order chi connectivity index (χ0) is 18.0. The maximum Gasteiger partial charge on any atom is 0.309 e. The Hall–Kier alpha value is -1.81. The summed E-state index contributed by atoms with van der Waals surface area (Å²) in [5, 5.41) is 10.8. The molecule has 3 nitrogen and oxygen atoms in total. The summed E-state index contributed by atoms with van der Waals surface area (Å²) in [5.41, 5.74) is 3.86. The monoisotopic (exact) mass is 376 g/mol. The number of hydrogen-bond donors (Lipinski definition) is 1. The summed E-state index contributed by atoms with van der Waals surface area (Å²) in [4.78, 5) is 11.5. The molecule has 2 aromatic rings. The molecule has 0 spiro atoms. The highest BCUT2D eigenvalue weighted by atomic mass is 35.5. The first kappa shape index (κ1) is 18.0. The molecule has 0 aromatic heterocycles. The molecule has 1 aliphatic rings. The third-order valence-corrected chi connectivity index (χ3v) is 4.65. The van der Waals surface area contributed by atoms with Gasteiger partial charge in [-0.2, -0.15) is 0 Å². The third-order valence-electron chi connectivity index (χ3n) is 4.12. The Morgan fingerprint density at radius 2 is 1.92 bits per heavy atom. The number of carbonyl (C=O) groups is 1. The summed E-state index contributed by atoms with van der Waals surface area (Å²) in [6.07, 6.45) is 2.87. The summed E-state index contributed by atoms with van der Waals surface area (Å²) in [6.45, 7) is 2.03. The summed E-state index contributed by atoms with van der Waals surface area (Å²) >= 11 is 12.6. The third kappa shape index (κ3) is 4.43. The van der Waals surface area contributed by atoms with E-state index in [-0.39, 0.29) is 6.42 Å². The van der Waals surface area contributed by atoms with Gasteiger partial charge in [0.05, 0.1) is 12.5 Å². The molecule has 1 heterocycles. The second-order valence-corrected chi connectivity index (χ2v) is 7.04. The van der Waals surface area contributed by atoms with Gasteiger partial charge in [-0.3, -0.25) is 4.79 Å². The van der Waals surface area contributed by atoms with Crippen molar-refractivity contribution in [3.8, 4) is 11.1 Å². The Kier molecular flexibility index (Phi) is 5.48. The van der Waals surface area contributed by atoms with E-state index in [2.05, 4.69) is 0 Å². The molecule has 3 rings (SSSR count). The summed E-state index contributed by atoms with van der Waals surface area (Å²) in [5.74, 6) is -0.394. The molecular formula is C20H18Cl2O3. The second kappa shape index (κ2) is 7.61. The SMILES string of the molecule is Cc1ccc(-c2cc(Cl)cc(Cl)c2/C=C/[C@@H]2C[C@@H](O)CC(=O)O2)cc1. The van der Waals surface area contributed by atoms with Crippen molar-refractivity contribution >= 4 is 35.2 Å². The molecule has 0 amide bonds. The number of hydrogen-bond acceptors (Lipinski definition) is 3. The van der Waals surface area contributed by atoms with Crippen molar-refractivity contribution in [3.05, 3.63) is 63.6 Å². The zero-order valence-electron chi connectivity index (χ0n) is 13.7. The lowest BCUT2D eigenvalue weighted by molar-refractivity contribution is -0.156. The molecule has 0 saturated carbocycles. The minimum atomic E-state index is -0.673. The van der Waals surface area contributed by atoms with Crippen LogP contribution in [-0.2, 0) is 9.53 Å². The van der Waals surface area contributed by atoms with E-state index < -0.39 is 18.2 Å². The molecule has 0 unspecified atom stereocenters. The summed E-state index contributed by atoms with van der Waals surface area (Å²) in [7, 11) is 0. The molecule has 1 saturated heterocycles. The number of carbonyl (C=O) groups excluding carboxylic acids is 1. The van der Waals surface area contributed by atoms with Crippen molar-refractivity contribution < 1.29 is 14.6 Å². The van der Waals surface area contributed by atoms with Gasteiger partial charge in [0.2, 0.25) is 0 Å². The largest absolute Gasteiger partial charge is 0.458 e. The van der Waals surface area contributed by atoms with Gasteiger partial charge in [-0.05, 0) is 36.3 Å². The fraction of sp³-hybridized carbons (Fsp3) is 0.250. The van der Waals surface area contributed by atoms with Crippen molar-refractivity contribution in [3.63, 3.8) is 0 Å². The van der Waals surface area contributed by atoms with Gasteiger partial charge < -0.3 is 9.84 Å². The van der Waals surface area contributed by atoms with E-state index in [1.54, 1.807) is 12.1 Å². The smallest absolute Gasteiger partial charge is 0.309 e. The van der Waals surface area contributed by atoms with Crippen LogP contribution in [0.4, 0.5) is 0 Å². The number of cyclic esters (lactones) is 1. The molecule has 2 atom stereocenters. The van der Waals surface area contributed by atoms with Gasteiger partial charge in [0.1, 0.15) is 6.10 Å². The molecule has 130 valence electrons. The van der Waals surface area contributed by atoms with E-state index in [9.17, 15) is 9.90 Å². The number of rotatable bonds is 3. The van der Waals surface area contributed by atoms with Crippen molar-refractivity contribution in [2.24, 2.45) is 0 Å². The lowest BCUT2D eigenvalue weighted by Gasteiger charge is -2.23. The Morgan fingerprint density at radius 3 is 2.60 bits per heavy atom. The van der Waals surface area contributed by atoms with E-state index in [1.807, 2.05) is 43.3 Å². The topological polar surface area (TPSA) is 46.5 Å². The Labute approximate surface area is 156 Å². The molecule has 25 heavy (non-hydrogen) atoms. The Morgan fingerprint density at radius 1 is 1.20 bits per heavy atom. The van der Waals surface area contributed by atoms with Crippen LogP contribution in [0, 0.1) is 6.92 Å². The molecule has 1 N–H and O–H groups in total. The molecular weight excluding hydrogens is 359 g/mol. The van der Waals surface area contributed by atoms with Gasteiger partial charge in [0, 0.05) is 22.0 Å². The number of aliphatic hydroxyl groups excluding tert-OH is 1. The average molecular weight is 377 g/mol. The van der Waals surface area contributed by atoms with Crippen molar-refractivity contribution in [2.75, 3.05) is 0 Å². The van der Waals surface area contributed by atoms with E-state index in [0.717, 1.165) is 22.3 Å². The molecule has 0 aliphatic carbocycles. The molecule has 0 radical (unpaired) electrons. The average Bonchev–Trinajstić information content (AvgIpc) is 2.53. The molecule has 0 bridgehead atoms. The molecule has 2 aromatic carbocycles. The van der Waals surface area contributed by atoms with Crippen molar-refractivity contribution in [1.82, 2.24) is 0 Å². The van der Waals surface area contributed by atoms with E-state index in [4.69, 9.17) is 27.9 Å². The van der Waals surface area contributed by atoms with Gasteiger partial charge in [0.15, 0.2) is 0 Å². The van der Waals surface area contributed by atoms with Crippen molar-refractivity contribution in [2.45, 2.75) is 32.0 Å². The number of halogens is 2. The van der Waals surface area contributed by atoms with E-state index in [1.165, 1.54) is 0 Å². The number of esters is 1. The summed E-state index contributed by atoms with van der Waals surface area (Å²) in [6, 6.07) is 11.6. The predicted molar refractivity (Wildman–Crippen MR) is 101 cm³/mol. The quantitative estimate of drug-likeness (QED) is 0.762. The minimum absolute atomic E-state index is 0.0423. The van der Waals surface area contributed by atoms with Crippen LogP contribution in [0.2, 0.25) is 10.0 Å². The van der Waals surface area contributed by atoms with Gasteiger partial charge in [-0.15, -0.1) is 0 Å². The molecule has 5 heteroatoms. The predicted octanol–water partition coefficient (Wildman–Crippen LogP) is 5.05. The van der Waals surface area contributed by atoms with Crippen LogP contribution in [0.15, 0.2) is 42.5 Å². The van der Waals surface area contributed by atoms with E-state index >= 15 is 0 Å². The molecule has 1 aliphatic heterocycles. The highest BCUT2D eigenvalue weighted by molar-refractivity contribution is 6.36. The fourth-order valence-corrected chi connectivity index (χ4v) is 3.41. The van der Waals surface area contributed by atoms with Crippen LogP contribution >= 0.6 is 23.2 Å².